The van der Waals surface area contributed by atoms with Crippen molar-refractivity contribution in [2.75, 3.05) is 26.2 Å². The molecule has 88 valence electrons. The van der Waals surface area contributed by atoms with Crippen molar-refractivity contribution < 1.29 is 4.74 Å². The largest absolute Gasteiger partial charge is 0.377 e. The number of hydrogen-bond donors (Lipinski definition) is 1. The normalized spacial score (nSPS) is 30.4. The molecule has 2 atom stereocenters. The number of ether oxygens (including phenoxy) is 1. The summed E-state index contributed by atoms with van der Waals surface area (Å²) in [5, 5.41) is 0. The van der Waals surface area contributed by atoms with E-state index in [1.807, 2.05) is 0 Å². The van der Waals surface area contributed by atoms with E-state index in [4.69, 9.17) is 10.5 Å². The fourth-order valence-electron chi connectivity index (χ4n) is 2.73. The molecule has 1 aliphatic heterocycles. The lowest BCUT2D eigenvalue weighted by molar-refractivity contribution is -0.00396. The lowest BCUT2D eigenvalue weighted by Crippen LogP contribution is -2.44. The molecule has 0 amide bonds. The molecule has 0 bridgehead atoms. The van der Waals surface area contributed by atoms with Gasteiger partial charge in [0.25, 0.3) is 0 Å². The van der Waals surface area contributed by atoms with Gasteiger partial charge in [0.05, 0.1) is 6.10 Å². The number of likely N-dealkylation sites (tertiary alicyclic amines) is 1. The average Bonchev–Trinajstić information content (AvgIpc) is 3.10. The van der Waals surface area contributed by atoms with Crippen LogP contribution in [0.3, 0.4) is 0 Å². The van der Waals surface area contributed by atoms with E-state index < -0.39 is 0 Å². The molecule has 1 saturated carbocycles. The van der Waals surface area contributed by atoms with Crippen molar-refractivity contribution in [2.45, 2.75) is 44.8 Å². The fraction of sp³-hybridized carbons (Fsp3) is 1.00. The molecule has 0 spiro atoms. The van der Waals surface area contributed by atoms with E-state index in [9.17, 15) is 0 Å². The Bertz CT molecular complexity index is 194. The van der Waals surface area contributed by atoms with Gasteiger partial charge in [-0.1, -0.05) is 0 Å². The summed E-state index contributed by atoms with van der Waals surface area (Å²) in [6.07, 6.45) is 5.73. The van der Waals surface area contributed by atoms with Crippen molar-refractivity contribution >= 4 is 0 Å². The Morgan fingerprint density at radius 3 is 2.80 bits per heavy atom. The van der Waals surface area contributed by atoms with Crippen molar-refractivity contribution in [1.29, 1.82) is 0 Å². The molecular formula is C12H24N2O. The second-order valence-electron chi connectivity index (χ2n) is 4.86. The van der Waals surface area contributed by atoms with E-state index in [1.54, 1.807) is 0 Å². The molecule has 2 N–H and O–H groups in total. The predicted molar refractivity (Wildman–Crippen MR) is 61.8 cm³/mol. The van der Waals surface area contributed by atoms with Crippen LogP contribution in [0.4, 0.5) is 0 Å². The van der Waals surface area contributed by atoms with Gasteiger partial charge in [-0.15, -0.1) is 0 Å². The van der Waals surface area contributed by atoms with Crippen LogP contribution in [0.5, 0.6) is 0 Å². The Morgan fingerprint density at radius 1 is 1.40 bits per heavy atom. The Kier molecular flexibility index (Phi) is 4.00. The highest BCUT2D eigenvalue weighted by Crippen LogP contribution is 2.32. The molecule has 0 radical (unpaired) electrons. The van der Waals surface area contributed by atoms with Gasteiger partial charge in [0.1, 0.15) is 0 Å². The molecule has 0 aromatic rings. The average molecular weight is 212 g/mol. The highest BCUT2D eigenvalue weighted by molar-refractivity contribution is 4.89. The smallest absolute Gasteiger partial charge is 0.0737 e. The maximum absolute atomic E-state index is 5.78. The molecule has 15 heavy (non-hydrogen) atoms. The lowest BCUT2D eigenvalue weighted by Gasteiger charge is -2.36. The van der Waals surface area contributed by atoms with E-state index in [-0.39, 0.29) is 6.10 Å². The third kappa shape index (κ3) is 2.92. The van der Waals surface area contributed by atoms with Gasteiger partial charge >= 0.3 is 0 Å². The molecule has 1 saturated heterocycles. The summed E-state index contributed by atoms with van der Waals surface area (Å²) in [4.78, 5) is 2.65. The number of nitrogens with two attached hydrogens (primary N) is 1. The maximum Gasteiger partial charge on any atom is 0.0737 e. The number of rotatable bonds is 5. The minimum Gasteiger partial charge on any atom is -0.377 e. The molecular weight excluding hydrogens is 188 g/mol. The van der Waals surface area contributed by atoms with E-state index in [2.05, 4.69) is 11.8 Å². The van der Waals surface area contributed by atoms with E-state index in [1.165, 1.54) is 38.8 Å². The van der Waals surface area contributed by atoms with Gasteiger partial charge in [-0.05, 0) is 45.1 Å². The third-order valence-corrected chi connectivity index (χ3v) is 3.69. The quantitative estimate of drug-likeness (QED) is 0.745. The summed E-state index contributed by atoms with van der Waals surface area (Å²) in [7, 11) is 0. The summed E-state index contributed by atoms with van der Waals surface area (Å²) in [6.45, 7) is 6.04. The molecule has 3 heteroatoms. The van der Waals surface area contributed by atoms with Gasteiger partial charge in [0.2, 0.25) is 0 Å². The number of hydrogen-bond acceptors (Lipinski definition) is 3. The molecule has 0 aromatic carbocycles. The zero-order chi connectivity index (χ0) is 10.7. The second-order valence-corrected chi connectivity index (χ2v) is 4.86. The van der Waals surface area contributed by atoms with E-state index >= 15 is 0 Å². The summed E-state index contributed by atoms with van der Waals surface area (Å²) in [6, 6.07) is 0.896. The maximum atomic E-state index is 5.78. The molecule has 2 unspecified atom stereocenters. The third-order valence-electron chi connectivity index (χ3n) is 3.69. The van der Waals surface area contributed by atoms with Crippen LogP contribution in [0.1, 0.15) is 32.6 Å². The van der Waals surface area contributed by atoms with Crippen LogP contribution in [0.2, 0.25) is 0 Å². The second kappa shape index (κ2) is 5.28. The van der Waals surface area contributed by atoms with Crippen LogP contribution in [0.25, 0.3) is 0 Å². The highest BCUT2D eigenvalue weighted by atomic mass is 16.5. The first kappa shape index (κ1) is 11.4. The minimum absolute atomic E-state index is 0.288. The Morgan fingerprint density at radius 2 is 2.20 bits per heavy atom. The molecule has 1 heterocycles. The van der Waals surface area contributed by atoms with Gasteiger partial charge in [-0.2, -0.15) is 0 Å². The van der Waals surface area contributed by atoms with Gasteiger partial charge in [0, 0.05) is 25.7 Å². The first-order valence-corrected chi connectivity index (χ1v) is 6.40. The van der Waals surface area contributed by atoms with Crippen LogP contribution in [0, 0.1) is 5.92 Å². The number of piperidine rings is 1. The highest BCUT2D eigenvalue weighted by Gasteiger charge is 2.34. The van der Waals surface area contributed by atoms with Gasteiger partial charge in [0.15, 0.2) is 0 Å². The van der Waals surface area contributed by atoms with Crippen LogP contribution in [-0.4, -0.2) is 43.3 Å². The van der Waals surface area contributed by atoms with Gasteiger partial charge in [-0.3, -0.25) is 0 Å². The Labute approximate surface area is 93.0 Å². The summed E-state index contributed by atoms with van der Waals surface area (Å²) in [5.74, 6) is 0.671. The van der Waals surface area contributed by atoms with Crippen molar-refractivity contribution in [1.82, 2.24) is 4.90 Å². The topological polar surface area (TPSA) is 38.5 Å². The summed E-state index contributed by atoms with van der Waals surface area (Å²) in [5.41, 5.74) is 5.78. The van der Waals surface area contributed by atoms with E-state index in [0.29, 0.717) is 12.5 Å². The molecule has 3 nitrogen and oxygen atoms in total. The Hall–Kier alpha value is -0.120. The monoisotopic (exact) mass is 212 g/mol. The molecule has 2 rings (SSSR count). The molecule has 2 fully saturated rings. The Balaban J connectivity index is 1.84. The van der Waals surface area contributed by atoms with Crippen LogP contribution in [0.15, 0.2) is 0 Å². The van der Waals surface area contributed by atoms with Crippen LogP contribution < -0.4 is 5.73 Å². The summed E-state index contributed by atoms with van der Waals surface area (Å²) < 4.78 is 5.73. The van der Waals surface area contributed by atoms with Crippen molar-refractivity contribution in [3.63, 3.8) is 0 Å². The van der Waals surface area contributed by atoms with Gasteiger partial charge < -0.3 is 15.4 Å². The standard InChI is InChI=1S/C12H24N2O/c1-2-15-12(8-13)10-4-3-7-14(9-10)11-5-6-11/h10-12H,2-9,13H2,1H3. The zero-order valence-corrected chi connectivity index (χ0v) is 9.82. The lowest BCUT2D eigenvalue weighted by atomic mass is 9.92. The summed E-state index contributed by atoms with van der Waals surface area (Å²) >= 11 is 0. The van der Waals surface area contributed by atoms with Crippen molar-refractivity contribution in [2.24, 2.45) is 11.7 Å². The molecule has 2 aliphatic rings. The zero-order valence-electron chi connectivity index (χ0n) is 9.82. The fourth-order valence-corrected chi connectivity index (χ4v) is 2.73. The van der Waals surface area contributed by atoms with E-state index in [0.717, 1.165) is 12.6 Å². The number of nitrogens with zero attached hydrogens (tertiary/aromatic N) is 1. The van der Waals surface area contributed by atoms with Crippen LogP contribution >= 0.6 is 0 Å². The first-order valence-electron chi connectivity index (χ1n) is 6.40. The minimum atomic E-state index is 0.288. The predicted octanol–water partition coefficient (Wildman–Crippen LogP) is 1.22. The SMILES string of the molecule is CCOC(CN)C1CCCN(C2CC2)C1. The van der Waals surface area contributed by atoms with Gasteiger partial charge in [-0.25, -0.2) is 0 Å². The van der Waals surface area contributed by atoms with Crippen molar-refractivity contribution in [3.8, 4) is 0 Å². The molecule has 0 aromatic heterocycles. The van der Waals surface area contributed by atoms with Crippen LogP contribution in [-0.2, 0) is 4.74 Å². The first-order chi connectivity index (χ1) is 7.35. The molecule has 1 aliphatic carbocycles. The van der Waals surface area contributed by atoms with Crippen molar-refractivity contribution in [3.05, 3.63) is 0 Å².